The summed E-state index contributed by atoms with van der Waals surface area (Å²) in [6.45, 7) is 2.55. The highest BCUT2D eigenvalue weighted by atomic mass is 19.4. The van der Waals surface area contributed by atoms with E-state index in [-0.39, 0.29) is 5.82 Å². The summed E-state index contributed by atoms with van der Waals surface area (Å²) in [7, 11) is 1.36. The fraction of sp³-hybridized carbons (Fsp3) is 0.444. The lowest BCUT2D eigenvalue weighted by Gasteiger charge is -2.22. The van der Waals surface area contributed by atoms with Crippen molar-refractivity contribution in [1.82, 2.24) is 19.6 Å². The number of carbonyl (C=O) groups is 1. The Labute approximate surface area is 154 Å². The van der Waals surface area contributed by atoms with Gasteiger partial charge in [-0.1, -0.05) is 12.1 Å². The first-order valence-electron chi connectivity index (χ1n) is 8.61. The van der Waals surface area contributed by atoms with E-state index in [1.165, 1.54) is 24.1 Å². The van der Waals surface area contributed by atoms with Crippen LogP contribution in [0.5, 0.6) is 0 Å². The highest BCUT2D eigenvalue weighted by molar-refractivity contribution is 5.95. The van der Waals surface area contributed by atoms with Crippen LogP contribution in [0, 0.1) is 5.82 Å². The third kappa shape index (κ3) is 4.65. The van der Waals surface area contributed by atoms with Gasteiger partial charge in [-0.15, -0.1) is 0 Å². The van der Waals surface area contributed by atoms with E-state index in [1.54, 1.807) is 12.1 Å². The SMILES string of the molecule is Cn1cc(C(=O)N2CCCN(Cc3ccc(F)cc3)CC2)c(C(F)(F)F)n1. The molecule has 2 heterocycles. The molecule has 0 spiro atoms. The first-order valence-corrected chi connectivity index (χ1v) is 8.61. The van der Waals surface area contributed by atoms with Crippen LogP contribution in [-0.2, 0) is 19.8 Å². The van der Waals surface area contributed by atoms with Crippen molar-refractivity contribution in [2.24, 2.45) is 7.05 Å². The molecular weight excluding hydrogens is 364 g/mol. The summed E-state index contributed by atoms with van der Waals surface area (Å²) in [6, 6.07) is 6.19. The number of nitrogens with zero attached hydrogens (tertiary/aromatic N) is 4. The van der Waals surface area contributed by atoms with Crippen LogP contribution < -0.4 is 0 Å². The lowest BCUT2D eigenvalue weighted by molar-refractivity contribution is -0.141. The molecule has 1 aromatic heterocycles. The topological polar surface area (TPSA) is 41.4 Å². The summed E-state index contributed by atoms with van der Waals surface area (Å²) in [4.78, 5) is 16.2. The molecule has 0 N–H and O–H groups in total. The molecule has 1 aliphatic heterocycles. The summed E-state index contributed by atoms with van der Waals surface area (Å²) in [5.41, 5.74) is -0.623. The Bertz CT molecular complexity index is 801. The van der Waals surface area contributed by atoms with Crippen LogP contribution in [0.25, 0.3) is 0 Å². The molecule has 1 aliphatic rings. The van der Waals surface area contributed by atoms with Gasteiger partial charge in [0.25, 0.3) is 5.91 Å². The van der Waals surface area contributed by atoms with Crippen LogP contribution in [0.4, 0.5) is 17.6 Å². The number of alkyl halides is 3. The maximum atomic E-state index is 13.1. The van der Waals surface area contributed by atoms with Gasteiger partial charge in [0.15, 0.2) is 5.69 Å². The van der Waals surface area contributed by atoms with E-state index in [2.05, 4.69) is 10.00 Å². The number of amides is 1. The summed E-state index contributed by atoms with van der Waals surface area (Å²) < 4.78 is 53.4. The zero-order valence-electron chi connectivity index (χ0n) is 14.8. The fourth-order valence-corrected chi connectivity index (χ4v) is 3.20. The van der Waals surface area contributed by atoms with Gasteiger partial charge >= 0.3 is 6.18 Å². The number of hydrogen-bond donors (Lipinski definition) is 0. The average molecular weight is 384 g/mol. The maximum absolute atomic E-state index is 13.1. The van der Waals surface area contributed by atoms with Gasteiger partial charge in [-0.2, -0.15) is 18.3 Å². The molecule has 0 aliphatic carbocycles. The molecule has 1 aromatic carbocycles. The van der Waals surface area contributed by atoms with E-state index >= 15 is 0 Å². The number of aryl methyl sites for hydroxylation is 1. The minimum atomic E-state index is -4.67. The molecule has 0 atom stereocenters. The van der Waals surface area contributed by atoms with Gasteiger partial charge in [-0.25, -0.2) is 4.39 Å². The van der Waals surface area contributed by atoms with Crippen molar-refractivity contribution in [2.75, 3.05) is 26.2 Å². The molecule has 1 amide bonds. The van der Waals surface area contributed by atoms with E-state index in [1.807, 2.05) is 0 Å². The van der Waals surface area contributed by atoms with Crippen LogP contribution in [0.3, 0.4) is 0 Å². The lowest BCUT2D eigenvalue weighted by atomic mass is 10.2. The second-order valence-electron chi connectivity index (χ2n) is 6.61. The molecule has 9 heteroatoms. The summed E-state index contributed by atoms with van der Waals surface area (Å²) in [5.74, 6) is -0.956. The van der Waals surface area contributed by atoms with Gasteiger partial charge in [-0.3, -0.25) is 14.4 Å². The highest BCUT2D eigenvalue weighted by Crippen LogP contribution is 2.31. The van der Waals surface area contributed by atoms with Crippen molar-refractivity contribution in [3.8, 4) is 0 Å². The molecule has 27 heavy (non-hydrogen) atoms. The molecule has 5 nitrogen and oxygen atoms in total. The van der Waals surface area contributed by atoms with Gasteiger partial charge in [0, 0.05) is 46.0 Å². The van der Waals surface area contributed by atoms with Crippen molar-refractivity contribution in [3.05, 3.63) is 53.1 Å². The zero-order chi connectivity index (χ0) is 19.6. The van der Waals surface area contributed by atoms with Crippen molar-refractivity contribution >= 4 is 5.91 Å². The molecule has 0 bridgehead atoms. The van der Waals surface area contributed by atoms with Crippen LogP contribution in [-0.4, -0.2) is 51.7 Å². The Morgan fingerprint density at radius 3 is 2.48 bits per heavy atom. The number of benzene rings is 1. The number of carbonyl (C=O) groups excluding carboxylic acids is 1. The largest absolute Gasteiger partial charge is 0.435 e. The second kappa shape index (κ2) is 7.67. The zero-order valence-corrected chi connectivity index (χ0v) is 14.8. The predicted octanol–water partition coefficient (Wildman–Crippen LogP) is 2.93. The minimum Gasteiger partial charge on any atom is -0.337 e. The monoisotopic (exact) mass is 384 g/mol. The summed E-state index contributed by atoms with van der Waals surface area (Å²) in [6.07, 6.45) is -2.91. The van der Waals surface area contributed by atoms with Crippen LogP contribution in [0.1, 0.15) is 28.0 Å². The van der Waals surface area contributed by atoms with Crippen molar-refractivity contribution in [1.29, 1.82) is 0 Å². The highest BCUT2D eigenvalue weighted by Gasteiger charge is 2.40. The second-order valence-corrected chi connectivity index (χ2v) is 6.61. The number of halogens is 4. The Morgan fingerprint density at radius 1 is 1.11 bits per heavy atom. The molecular formula is C18H20F4N4O. The van der Waals surface area contributed by atoms with E-state index in [9.17, 15) is 22.4 Å². The van der Waals surface area contributed by atoms with E-state index in [0.717, 1.165) is 16.4 Å². The molecule has 0 unspecified atom stereocenters. The van der Waals surface area contributed by atoms with Crippen LogP contribution in [0.15, 0.2) is 30.5 Å². The Kier molecular flexibility index (Phi) is 5.50. The standard InChI is InChI=1S/C18H20F4N4O/c1-24-12-15(16(23-24)18(20,21)22)17(27)26-8-2-7-25(9-10-26)11-13-3-5-14(19)6-4-13/h3-6,12H,2,7-11H2,1H3. The summed E-state index contributed by atoms with van der Waals surface area (Å²) >= 11 is 0. The Balaban J connectivity index is 1.67. The summed E-state index contributed by atoms with van der Waals surface area (Å²) in [5, 5.41) is 3.40. The van der Waals surface area contributed by atoms with E-state index < -0.39 is 23.3 Å². The predicted molar refractivity (Wildman–Crippen MR) is 90.4 cm³/mol. The van der Waals surface area contributed by atoms with Crippen LogP contribution in [0.2, 0.25) is 0 Å². The minimum absolute atomic E-state index is 0.302. The van der Waals surface area contributed by atoms with Crippen molar-refractivity contribution in [3.63, 3.8) is 0 Å². The smallest absolute Gasteiger partial charge is 0.337 e. The molecule has 2 aromatic rings. The number of hydrogen-bond acceptors (Lipinski definition) is 3. The van der Waals surface area contributed by atoms with Crippen molar-refractivity contribution < 1.29 is 22.4 Å². The fourth-order valence-electron chi connectivity index (χ4n) is 3.20. The molecule has 3 rings (SSSR count). The van der Waals surface area contributed by atoms with E-state index in [0.29, 0.717) is 39.1 Å². The van der Waals surface area contributed by atoms with Gasteiger partial charge < -0.3 is 4.90 Å². The normalized spacial score (nSPS) is 16.4. The first-order chi connectivity index (χ1) is 12.7. The molecule has 1 fully saturated rings. The third-order valence-electron chi connectivity index (χ3n) is 4.52. The number of rotatable bonds is 3. The number of aromatic nitrogens is 2. The molecule has 0 saturated carbocycles. The van der Waals surface area contributed by atoms with Gasteiger partial charge in [0.1, 0.15) is 5.82 Å². The van der Waals surface area contributed by atoms with E-state index in [4.69, 9.17) is 0 Å². The van der Waals surface area contributed by atoms with Gasteiger partial charge in [0.05, 0.1) is 5.56 Å². The molecule has 0 radical (unpaired) electrons. The first kappa shape index (κ1) is 19.3. The third-order valence-corrected chi connectivity index (χ3v) is 4.52. The molecule has 1 saturated heterocycles. The molecule has 146 valence electrons. The average Bonchev–Trinajstić information content (AvgIpc) is 2.86. The lowest BCUT2D eigenvalue weighted by Crippen LogP contribution is -2.35. The van der Waals surface area contributed by atoms with Gasteiger partial charge in [-0.05, 0) is 24.1 Å². The Hall–Kier alpha value is -2.42. The van der Waals surface area contributed by atoms with Crippen molar-refractivity contribution in [2.45, 2.75) is 19.1 Å². The van der Waals surface area contributed by atoms with Crippen LogP contribution >= 0.6 is 0 Å². The quantitative estimate of drug-likeness (QED) is 0.765. The Morgan fingerprint density at radius 2 is 1.81 bits per heavy atom. The van der Waals surface area contributed by atoms with Gasteiger partial charge in [0.2, 0.25) is 0 Å². The maximum Gasteiger partial charge on any atom is 0.435 e.